The molecule has 12 N–H and O–H groups in total. The first-order valence-corrected chi connectivity index (χ1v) is 49.7. The van der Waals surface area contributed by atoms with Crippen LogP contribution >= 0.6 is 0 Å². The Morgan fingerprint density at radius 3 is 0.832 bits per heavy atom. The SMILES string of the molecule is CC(C)[C@@H](CO)Nc1cc(NC(=O)c2cccnc2)n2ncc(C3CC3)c2n1.CC(C)[C@H](CO)Nc1cc(NC(=O)c2cccnc2)n2ncc(C3CC3)c2n1.O=C(Nc1cc(N2CCCCC2CCO)nc2c(C3CC3)cnn12)c1cccnc1.O=C(Nc1cc(N2CCCCC2CO)nc2c(C3CC3)cnn12)c1cccnc1.O=C(Nc1cc(N2CCC[C@@H]2CO)nc2c(C3CC3)cnn12)c1cccnc1. The molecule has 40 nitrogen and oxygen atoms in total. The summed E-state index contributed by atoms with van der Waals surface area (Å²) in [5, 5.41) is 92.2. The molecule has 5 atom stereocenters. The van der Waals surface area contributed by atoms with Gasteiger partial charge in [0.05, 0.1) is 109 Å². The molecule has 143 heavy (non-hydrogen) atoms. The largest absolute Gasteiger partial charge is 0.396 e. The topological polar surface area (TPSA) is 496 Å². The fourth-order valence-corrected chi connectivity index (χ4v) is 18.5. The third-order valence-corrected chi connectivity index (χ3v) is 27.4. The summed E-state index contributed by atoms with van der Waals surface area (Å²) in [4.78, 5) is 114. The van der Waals surface area contributed by atoms with E-state index in [0.29, 0.717) is 98.1 Å². The molecule has 23 rings (SSSR count). The first kappa shape index (κ1) is 96.9. The maximum atomic E-state index is 12.8. The number of fused-ring (bicyclic) bond motifs is 5. The number of rotatable bonds is 30. The lowest BCUT2D eigenvalue weighted by Crippen LogP contribution is -2.42. The van der Waals surface area contributed by atoms with Crippen LogP contribution in [-0.4, -0.2) is 236 Å². The number of pyridine rings is 5. The quantitative estimate of drug-likeness (QED) is 0.0199. The molecule has 2 unspecified atom stereocenters. The number of anilines is 10. The second-order valence-electron chi connectivity index (χ2n) is 38.5. The van der Waals surface area contributed by atoms with Gasteiger partial charge in [-0.05, 0) is 224 Å². The maximum absolute atomic E-state index is 12.8. The zero-order valence-electron chi connectivity index (χ0n) is 80.4. The van der Waals surface area contributed by atoms with Crippen LogP contribution in [0.5, 0.6) is 0 Å². The van der Waals surface area contributed by atoms with E-state index in [1.807, 2.05) is 76.9 Å². The minimum absolute atomic E-state index is 0.00333. The van der Waals surface area contributed by atoms with Crippen molar-refractivity contribution < 1.29 is 49.5 Å². The van der Waals surface area contributed by atoms with Crippen LogP contribution in [0.3, 0.4) is 0 Å². The van der Waals surface area contributed by atoms with E-state index in [0.717, 1.165) is 215 Å². The summed E-state index contributed by atoms with van der Waals surface area (Å²) in [5.41, 5.74) is 11.8. The van der Waals surface area contributed by atoms with Crippen molar-refractivity contribution in [3.05, 3.63) is 240 Å². The first-order chi connectivity index (χ1) is 69.9. The van der Waals surface area contributed by atoms with Crippen LogP contribution in [-0.2, 0) is 0 Å². The molecular weight excluding hydrogens is 1820 g/mol. The molecule has 0 bridgehead atoms. The lowest BCUT2D eigenvalue weighted by molar-refractivity contribution is 0.101. The maximum Gasteiger partial charge on any atom is 0.258 e. The number of aliphatic hydroxyl groups is 5. The summed E-state index contributed by atoms with van der Waals surface area (Å²) in [5.74, 6) is 8.03. The van der Waals surface area contributed by atoms with E-state index in [9.17, 15) is 49.5 Å². The number of nitrogens with one attached hydrogen (secondary N) is 7. The predicted octanol–water partition coefficient (Wildman–Crippen LogP) is 13.2. The van der Waals surface area contributed by atoms with Gasteiger partial charge in [0.2, 0.25) is 0 Å². The Kier molecular flexibility index (Phi) is 29.8. The summed E-state index contributed by atoms with van der Waals surface area (Å²) in [6.07, 6.45) is 45.6. The van der Waals surface area contributed by atoms with Gasteiger partial charge in [-0.2, -0.15) is 48.1 Å². The van der Waals surface area contributed by atoms with Crippen molar-refractivity contribution in [2.24, 2.45) is 11.8 Å². The molecule has 5 aliphatic carbocycles. The van der Waals surface area contributed by atoms with Crippen LogP contribution in [0.2, 0.25) is 0 Å². The van der Waals surface area contributed by atoms with Crippen LogP contribution in [0, 0.1) is 11.8 Å². The lowest BCUT2D eigenvalue weighted by atomic mass is 9.99. The Morgan fingerprint density at radius 1 is 0.322 bits per heavy atom. The minimum atomic E-state index is -0.266. The van der Waals surface area contributed by atoms with E-state index in [2.05, 4.69) is 102 Å². The highest BCUT2D eigenvalue weighted by Gasteiger charge is 2.37. The molecule has 0 aromatic carbocycles. The normalized spacial score (nSPS) is 17.6. The number of aliphatic hydroxyl groups excluding tert-OH is 5. The first-order valence-electron chi connectivity index (χ1n) is 49.7. The van der Waals surface area contributed by atoms with Crippen molar-refractivity contribution in [3.63, 3.8) is 0 Å². The zero-order chi connectivity index (χ0) is 98.7. The standard InChI is InChI=1S/C22H26N6O2.C21H24N6O2.C20H22N6O2.2C20H24N6O2/c29-11-8-17-5-1-2-10-27(17)19-12-20(26-22(30)16-4-3-9-23-13-16)28-21(25-19)18(14-24-28)15-6-7-15;28-13-16-5-1-2-9-26(16)18-10-19(25-21(29)15-4-3-8-22-11-15)27-20(24-18)17(12-23-27)14-6-7-14;27-12-15-4-2-8-25(15)17-9-18(24-20(28)14-3-1-7-21-10-14)26-19(23-17)16(11-22-26)13-5-6-13;2*1-12(2)16(11-27)23-17-8-18(25-20(28)14-4-3-7-21-9-14)26-19(24-17)15(10-22-26)13-5-6-13/h3-4,9,12-15,17,29H,1-2,5-8,10-11H2,(H,26,30);3-4,8,10-12,14,16,28H,1-2,5-7,9,13H2,(H,25,29);1,3,7,9-11,13,15,27H,2,4-6,8,12H2,(H,24,28);2*3-4,7-10,12-13,16,27H,5-6,11H2,1-2H3,(H,23,24)(H,25,28)/t;;15-;2*16-/m..110/s1. The van der Waals surface area contributed by atoms with Gasteiger partial charge in [-0.15, -0.1) is 0 Å². The Morgan fingerprint density at radius 2 is 0.580 bits per heavy atom. The molecule has 40 heteroatoms. The molecule has 15 aromatic rings. The van der Waals surface area contributed by atoms with Gasteiger partial charge in [-0.1, -0.05) is 27.7 Å². The lowest BCUT2D eigenvalue weighted by Gasteiger charge is -2.36. The molecule has 3 saturated heterocycles. The van der Waals surface area contributed by atoms with Crippen molar-refractivity contribution in [2.75, 3.05) is 105 Å². The average Bonchev–Trinajstić information content (AvgIpc) is 1.34. The zero-order valence-corrected chi connectivity index (χ0v) is 80.4. The molecule has 3 aliphatic heterocycles. The number of nitrogens with zero attached hydrogens (tertiary/aromatic N) is 23. The third kappa shape index (κ3) is 22.6. The second-order valence-corrected chi connectivity index (χ2v) is 38.5. The van der Waals surface area contributed by atoms with Gasteiger partial charge in [0.15, 0.2) is 28.2 Å². The number of carbonyl (C=O) groups excluding carboxylic acids is 5. The van der Waals surface area contributed by atoms with Gasteiger partial charge in [-0.3, -0.25) is 48.9 Å². The number of carbonyl (C=O) groups is 5. The van der Waals surface area contributed by atoms with Crippen LogP contribution in [0.4, 0.5) is 58.2 Å². The van der Waals surface area contributed by atoms with E-state index >= 15 is 0 Å². The van der Waals surface area contributed by atoms with Gasteiger partial charge in [0.1, 0.15) is 58.2 Å². The van der Waals surface area contributed by atoms with Crippen LogP contribution in [0.25, 0.3) is 28.2 Å². The van der Waals surface area contributed by atoms with E-state index in [4.69, 9.17) is 24.9 Å². The molecule has 742 valence electrons. The molecule has 15 aromatic heterocycles. The van der Waals surface area contributed by atoms with Crippen molar-refractivity contribution in [1.82, 2.24) is 97.9 Å². The van der Waals surface area contributed by atoms with Gasteiger partial charge in [0, 0.05) is 152 Å². The van der Waals surface area contributed by atoms with Crippen molar-refractivity contribution >= 4 is 116 Å². The highest BCUT2D eigenvalue weighted by molar-refractivity contribution is 6.07. The summed E-state index contributed by atoms with van der Waals surface area (Å²) in [6.45, 7) is 11.1. The number of amides is 5. The summed E-state index contributed by atoms with van der Waals surface area (Å²) < 4.78 is 8.47. The average molecular weight is 1940 g/mol. The minimum Gasteiger partial charge on any atom is -0.396 e. The molecule has 8 aliphatic rings. The van der Waals surface area contributed by atoms with Crippen molar-refractivity contribution in [2.45, 2.75) is 209 Å². The Labute approximate surface area is 824 Å². The molecular formula is C103H120N30O10. The fraction of sp³-hybridized carbons (Fsp3) is 0.417. The second kappa shape index (κ2) is 44.0. The monoisotopic (exact) mass is 1940 g/mol. The molecule has 5 saturated carbocycles. The smallest absolute Gasteiger partial charge is 0.258 e. The van der Waals surface area contributed by atoms with Gasteiger partial charge in [-0.25, -0.2) is 24.9 Å². The number of piperidine rings is 2. The molecule has 18 heterocycles. The van der Waals surface area contributed by atoms with Crippen molar-refractivity contribution in [1.29, 1.82) is 0 Å². The van der Waals surface area contributed by atoms with Gasteiger partial charge >= 0.3 is 0 Å². The summed E-state index contributed by atoms with van der Waals surface area (Å²) >= 11 is 0. The van der Waals surface area contributed by atoms with E-state index < -0.39 is 0 Å². The summed E-state index contributed by atoms with van der Waals surface area (Å²) in [6, 6.07) is 26.5. The fourth-order valence-electron chi connectivity index (χ4n) is 18.5. The van der Waals surface area contributed by atoms with Crippen molar-refractivity contribution in [3.8, 4) is 0 Å². The highest BCUT2D eigenvalue weighted by atomic mass is 16.3. The van der Waals surface area contributed by atoms with Gasteiger partial charge in [0.25, 0.3) is 29.5 Å². The van der Waals surface area contributed by atoms with E-state index in [1.54, 1.807) is 139 Å². The van der Waals surface area contributed by atoms with Gasteiger partial charge < -0.3 is 77.4 Å². The Bertz CT molecular complexity index is 6800. The predicted molar refractivity (Wildman–Crippen MR) is 541 cm³/mol. The summed E-state index contributed by atoms with van der Waals surface area (Å²) in [7, 11) is 0. The van der Waals surface area contributed by atoms with Crippen LogP contribution < -0.4 is 51.9 Å². The molecule has 0 spiro atoms. The Balaban J connectivity index is 0.000000113. The molecule has 8 fully saturated rings. The number of aromatic nitrogens is 20. The van der Waals surface area contributed by atoms with E-state index in [1.165, 1.54) is 18.6 Å². The molecule has 0 radical (unpaired) electrons. The molecule has 5 amide bonds. The highest BCUT2D eigenvalue weighted by Crippen LogP contribution is 2.48. The Hall–Kier alpha value is -15.0. The number of hydrogen-bond acceptors (Lipinski definition) is 30. The number of hydrogen-bond donors (Lipinski definition) is 12. The van der Waals surface area contributed by atoms with E-state index in [-0.39, 0.29) is 105 Å². The third-order valence-electron chi connectivity index (χ3n) is 27.4. The van der Waals surface area contributed by atoms with Crippen LogP contribution in [0.15, 0.2) is 184 Å². The van der Waals surface area contributed by atoms with Crippen LogP contribution in [0.1, 0.15) is 259 Å².